The predicted molar refractivity (Wildman–Crippen MR) is 346 cm³/mol. The van der Waals surface area contributed by atoms with Gasteiger partial charge in [-0.2, -0.15) is 0 Å². The first kappa shape index (κ1) is 78.8. The van der Waals surface area contributed by atoms with Crippen LogP contribution in [0.15, 0.2) is 60.8 Å². The van der Waals surface area contributed by atoms with Gasteiger partial charge in [-0.1, -0.05) is 274 Å². The number of nitrogens with one attached hydrogen (secondary N) is 1. The third kappa shape index (κ3) is 40.1. The summed E-state index contributed by atoms with van der Waals surface area (Å²) in [6, 6.07) is -0.930. The first-order valence-corrected chi connectivity index (χ1v) is 35.0. The van der Waals surface area contributed by atoms with Crippen LogP contribution >= 0.6 is 0 Å². The van der Waals surface area contributed by atoms with Crippen LogP contribution in [0.1, 0.15) is 290 Å². The number of aliphatic hydroxyl groups excluding tert-OH is 8. The monoisotopic (exact) mass is 1200 g/mol. The molecule has 14 nitrogen and oxygen atoms in total. The normalized spacial score (nSPS) is 23.9. The molecule has 0 radical (unpaired) electrons. The zero-order valence-corrected chi connectivity index (χ0v) is 53.8. The number of unbranched alkanes of at least 4 members (excludes halogenated alkanes) is 36. The van der Waals surface area contributed by atoms with Gasteiger partial charge >= 0.3 is 0 Å². The molecule has 1 amide bonds. The Morgan fingerprint density at radius 2 is 0.788 bits per heavy atom. The summed E-state index contributed by atoms with van der Waals surface area (Å²) in [6.07, 6.45) is 57.5. The largest absolute Gasteiger partial charge is 0.394 e. The van der Waals surface area contributed by atoms with Gasteiger partial charge in [-0.05, 0) is 70.6 Å². The van der Waals surface area contributed by atoms with E-state index >= 15 is 0 Å². The maximum absolute atomic E-state index is 13.3. The zero-order chi connectivity index (χ0) is 61.6. The Labute approximate surface area is 517 Å². The van der Waals surface area contributed by atoms with E-state index in [1.54, 1.807) is 6.08 Å². The van der Waals surface area contributed by atoms with Gasteiger partial charge in [0.25, 0.3) is 0 Å². The Bertz CT molecular complexity index is 1660. The summed E-state index contributed by atoms with van der Waals surface area (Å²) in [4.78, 5) is 13.3. The van der Waals surface area contributed by atoms with E-state index in [9.17, 15) is 45.6 Å². The van der Waals surface area contributed by atoms with E-state index in [2.05, 4.69) is 67.8 Å². The molecule has 496 valence electrons. The lowest BCUT2D eigenvalue weighted by atomic mass is 9.97. The van der Waals surface area contributed by atoms with Crippen molar-refractivity contribution in [1.82, 2.24) is 5.32 Å². The van der Waals surface area contributed by atoms with Crippen molar-refractivity contribution in [1.29, 1.82) is 0 Å². The van der Waals surface area contributed by atoms with Gasteiger partial charge in [0.15, 0.2) is 12.6 Å². The van der Waals surface area contributed by atoms with Gasteiger partial charge in [0.05, 0.1) is 32.0 Å². The van der Waals surface area contributed by atoms with Gasteiger partial charge in [0.2, 0.25) is 5.91 Å². The Kier molecular flexibility index (Phi) is 51.7. The smallest absolute Gasteiger partial charge is 0.220 e. The fourth-order valence-corrected chi connectivity index (χ4v) is 11.3. The third-order valence-electron chi connectivity index (χ3n) is 16.9. The molecular formula is C71H129NO13. The van der Waals surface area contributed by atoms with E-state index in [0.717, 1.165) is 44.9 Å². The molecule has 14 heteroatoms. The number of ether oxygens (including phenoxy) is 4. The fraction of sp³-hybridized carbons (Fsp3) is 0.845. The number of hydrogen-bond acceptors (Lipinski definition) is 13. The predicted octanol–water partition coefficient (Wildman–Crippen LogP) is 14.1. The average molecular weight is 1200 g/mol. The van der Waals surface area contributed by atoms with Crippen LogP contribution < -0.4 is 5.32 Å². The van der Waals surface area contributed by atoms with Crippen molar-refractivity contribution >= 4 is 5.91 Å². The molecule has 9 N–H and O–H groups in total. The maximum Gasteiger partial charge on any atom is 0.220 e. The SMILES string of the molecule is CCCCCCC/C=C\C/C=C\C/C=C\CCCCCCCCCCCCCCCCCCCCCCCCCCC(=O)NC(COC1OC(CO)C(OC2OC(CO)C(O)C(O)C2O)C(O)C1O)C(O)/C=C/CC/C=C/CCCCCCCC. The first-order valence-electron chi connectivity index (χ1n) is 35.0. The quantitative estimate of drug-likeness (QED) is 0.0204. The van der Waals surface area contributed by atoms with E-state index in [1.165, 1.54) is 212 Å². The number of carbonyl (C=O) groups is 1. The molecule has 0 aromatic heterocycles. The van der Waals surface area contributed by atoms with Crippen molar-refractivity contribution in [3.05, 3.63) is 60.8 Å². The van der Waals surface area contributed by atoms with Gasteiger partial charge in [-0.3, -0.25) is 4.79 Å². The van der Waals surface area contributed by atoms with Crippen LogP contribution in [-0.4, -0.2) is 140 Å². The van der Waals surface area contributed by atoms with Crippen LogP contribution in [0.5, 0.6) is 0 Å². The van der Waals surface area contributed by atoms with E-state index in [0.29, 0.717) is 12.8 Å². The molecule has 12 atom stereocenters. The van der Waals surface area contributed by atoms with Crippen molar-refractivity contribution in [3.63, 3.8) is 0 Å². The van der Waals surface area contributed by atoms with Crippen LogP contribution in [0.3, 0.4) is 0 Å². The van der Waals surface area contributed by atoms with Crippen molar-refractivity contribution in [2.24, 2.45) is 0 Å². The van der Waals surface area contributed by atoms with Crippen molar-refractivity contribution in [2.45, 2.75) is 364 Å². The van der Waals surface area contributed by atoms with E-state index in [1.807, 2.05) is 6.08 Å². The lowest BCUT2D eigenvalue weighted by Gasteiger charge is -2.46. The molecule has 0 aromatic carbocycles. The highest BCUT2D eigenvalue weighted by molar-refractivity contribution is 5.76. The molecule has 0 aromatic rings. The summed E-state index contributed by atoms with van der Waals surface area (Å²) in [5.74, 6) is -0.247. The topological polar surface area (TPSA) is 228 Å². The highest BCUT2D eigenvalue weighted by Gasteiger charge is 2.51. The molecule has 0 bridgehead atoms. The Balaban J connectivity index is 1.55. The number of aliphatic hydroxyl groups is 8. The second kappa shape index (κ2) is 55.7. The molecule has 2 aliphatic heterocycles. The molecule has 0 aliphatic carbocycles. The molecule has 2 fully saturated rings. The van der Waals surface area contributed by atoms with Gasteiger partial charge < -0.3 is 65.1 Å². The molecular weight excluding hydrogens is 1070 g/mol. The Morgan fingerprint density at radius 1 is 0.424 bits per heavy atom. The summed E-state index contributed by atoms with van der Waals surface area (Å²) in [5, 5.41) is 87.1. The molecule has 0 spiro atoms. The summed E-state index contributed by atoms with van der Waals surface area (Å²) in [6.45, 7) is 2.76. The Hall–Kier alpha value is -2.31. The molecule has 0 saturated carbocycles. The van der Waals surface area contributed by atoms with Crippen LogP contribution in [-0.2, 0) is 23.7 Å². The lowest BCUT2D eigenvalue weighted by molar-refractivity contribution is -0.359. The molecule has 2 aliphatic rings. The van der Waals surface area contributed by atoms with E-state index in [4.69, 9.17) is 18.9 Å². The number of amides is 1. The number of rotatable bonds is 57. The minimum Gasteiger partial charge on any atom is -0.394 e. The lowest BCUT2D eigenvalue weighted by Crippen LogP contribution is -2.65. The molecule has 2 heterocycles. The zero-order valence-electron chi connectivity index (χ0n) is 53.8. The highest BCUT2D eigenvalue weighted by atomic mass is 16.7. The highest BCUT2D eigenvalue weighted by Crippen LogP contribution is 2.30. The number of allylic oxidation sites excluding steroid dienone is 9. The summed E-state index contributed by atoms with van der Waals surface area (Å²) in [5.41, 5.74) is 0. The number of carbonyl (C=O) groups excluding carboxylic acids is 1. The molecule has 2 rings (SSSR count). The average Bonchev–Trinajstić information content (AvgIpc) is 3.60. The minimum atomic E-state index is -1.79. The van der Waals surface area contributed by atoms with Crippen LogP contribution in [0.4, 0.5) is 0 Å². The molecule has 85 heavy (non-hydrogen) atoms. The Morgan fingerprint density at radius 3 is 1.24 bits per heavy atom. The summed E-state index contributed by atoms with van der Waals surface area (Å²) in [7, 11) is 0. The fourth-order valence-electron chi connectivity index (χ4n) is 11.3. The van der Waals surface area contributed by atoms with Crippen molar-refractivity contribution in [3.8, 4) is 0 Å². The molecule has 12 unspecified atom stereocenters. The second-order valence-electron chi connectivity index (χ2n) is 24.6. The first-order chi connectivity index (χ1) is 41.6. The standard InChI is InChI=1S/C71H129NO13/c1-3-5-7-9-11-13-15-17-18-19-20-21-22-23-24-25-26-27-28-29-30-31-32-33-34-35-36-37-38-39-40-41-42-43-45-47-49-51-53-55-63(76)72-59(60(75)54-52-50-48-46-44-16-14-12-10-8-6-4-2)58-82-70-68(81)66(79)69(62(57-74)84-70)85-71-67(80)65(78)64(77)61(56-73)83-71/h15,17,19-20,22-23,44,46,52,54,59-62,64-71,73-75,77-81H,3-14,16,18,21,24-43,45,47-51,53,55-58H2,1-2H3,(H,72,76)/b17-15-,20-19-,23-22-,46-44+,54-52+. The van der Waals surface area contributed by atoms with Crippen LogP contribution in [0.25, 0.3) is 0 Å². The van der Waals surface area contributed by atoms with E-state index in [-0.39, 0.29) is 18.9 Å². The van der Waals surface area contributed by atoms with Crippen molar-refractivity contribution < 1.29 is 64.6 Å². The minimum absolute atomic E-state index is 0.247. The van der Waals surface area contributed by atoms with Gasteiger partial charge in [-0.15, -0.1) is 0 Å². The number of hydrogen-bond donors (Lipinski definition) is 9. The summed E-state index contributed by atoms with van der Waals surface area (Å²) >= 11 is 0. The maximum atomic E-state index is 13.3. The van der Waals surface area contributed by atoms with Gasteiger partial charge in [-0.25, -0.2) is 0 Å². The van der Waals surface area contributed by atoms with Gasteiger partial charge in [0.1, 0.15) is 48.8 Å². The van der Waals surface area contributed by atoms with Gasteiger partial charge in [0, 0.05) is 6.42 Å². The second-order valence-corrected chi connectivity index (χ2v) is 24.6. The third-order valence-corrected chi connectivity index (χ3v) is 16.9. The van der Waals surface area contributed by atoms with E-state index < -0.39 is 86.8 Å². The molecule has 2 saturated heterocycles. The van der Waals surface area contributed by atoms with Crippen LogP contribution in [0.2, 0.25) is 0 Å². The van der Waals surface area contributed by atoms with Crippen molar-refractivity contribution in [2.75, 3.05) is 19.8 Å². The summed E-state index contributed by atoms with van der Waals surface area (Å²) < 4.78 is 22.8. The van der Waals surface area contributed by atoms with Crippen LogP contribution in [0, 0.1) is 0 Å².